The summed E-state index contributed by atoms with van der Waals surface area (Å²) in [6.07, 6.45) is 3.64. The third kappa shape index (κ3) is 7.53. The monoisotopic (exact) mass is 186 g/mol. The predicted octanol–water partition coefficient (Wildman–Crippen LogP) is 1.92. The summed E-state index contributed by atoms with van der Waals surface area (Å²) in [7, 11) is 1.37. The molecule has 0 atom stereocenters. The zero-order chi connectivity index (χ0) is 10.1. The molecule has 0 fully saturated rings. The number of methoxy groups -OCH3 is 1. The molecule has 0 heterocycles. The Morgan fingerprint density at radius 2 is 2.15 bits per heavy atom. The minimum Gasteiger partial charge on any atom is -0.466 e. The largest absolute Gasteiger partial charge is 0.466 e. The third-order valence-corrected chi connectivity index (χ3v) is 1.54. The molecule has 0 rings (SSSR count). The van der Waals surface area contributed by atoms with Crippen LogP contribution < -0.4 is 0 Å². The van der Waals surface area contributed by atoms with Gasteiger partial charge in [0.05, 0.1) is 13.7 Å². The molecule has 0 spiro atoms. The average molecular weight is 186 g/mol. The maximum Gasteiger partial charge on any atom is 0.330 e. The van der Waals surface area contributed by atoms with Crippen molar-refractivity contribution in [3.63, 3.8) is 0 Å². The Hall–Kier alpha value is -0.830. The van der Waals surface area contributed by atoms with E-state index in [1.165, 1.54) is 13.2 Å². The van der Waals surface area contributed by atoms with Crippen LogP contribution in [0.2, 0.25) is 0 Å². The van der Waals surface area contributed by atoms with Crippen molar-refractivity contribution in [3.8, 4) is 0 Å². The van der Waals surface area contributed by atoms with Crippen LogP contribution in [0.15, 0.2) is 11.6 Å². The summed E-state index contributed by atoms with van der Waals surface area (Å²) in [6, 6.07) is 0. The molecule has 0 radical (unpaired) electrons. The molecule has 0 amide bonds. The third-order valence-electron chi connectivity index (χ3n) is 1.54. The van der Waals surface area contributed by atoms with Crippen molar-refractivity contribution in [1.82, 2.24) is 0 Å². The first kappa shape index (κ1) is 12.2. The second-order valence-corrected chi connectivity index (χ2v) is 2.92. The van der Waals surface area contributed by atoms with Crippen LogP contribution in [0.5, 0.6) is 0 Å². The standard InChI is InChI=1S/C10H18O3/c1-4-5-6-13-8-9(2)7-10(11)12-3/h7H,4-6,8H2,1-3H3/b9-7-. The summed E-state index contributed by atoms with van der Waals surface area (Å²) < 4.78 is 9.78. The van der Waals surface area contributed by atoms with Crippen LogP contribution in [0.3, 0.4) is 0 Å². The lowest BCUT2D eigenvalue weighted by molar-refractivity contribution is -0.134. The van der Waals surface area contributed by atoms with E-state index < -0.39 is 0 Å². The van der Waals surface area contributed by atoms with Gasteiger partial charge in [-0.1, -0.05) is 13.3 Å². The molecule has 0 saturated carbocycles. The van der Waals surface area contributed by atoms with Gasteiger partial charge in [0.2, 0.25) is 0 Å². The molecule has 3 heteroatoms. The number of carbonyl (C=O) groups is 1. The molecule has 0 aromatic heterocycles. The lowest BCUT2D eigenvalue weighted by atomic mass is 10.3. The summed E-state index contributed by atoms with van der Waals surface area (Å²) in [4.78, 5) is 10.8. The Bertz CT molecular complexity index is 173. The number of hydrogen-bond donors (Lipinski definition) is 0. The van der Waals surface area contributed by atoms with E-state index >= 15 is 0 Å². The molecule has 0 N–H and O–H groups in total. The highest BCUT2D eigenvalue weighted by molar-refractivity contribution is 5.82. The maximum absolute atomic E-state index is 10.8. The van der Waals surface area contributed by atoms with Gasteiger partial charge in [-0.15, -0.1) is 0 Å². The summed E-state index contributed by atoms with van der Waals surface area (Å²) in [5.41, 5.74) is 0.892. The predicted molar refractivity (Wildman–Crippen MR) is 51.5 cm³/mol. The van der Waals surface area contributed by atoms with Crippen molar-refractivity contribution in [1.29, 1.82) is 0 Å². The molecule has 3 nitrogen and oxygen atoms in total. The lowest BCUT2D eigenvalue weighted by Gasteiger charge is -2.02. The minimum atomic E-state index is -0.323. The van der Waals surface area contributed by atoms with E-state index in [0.29, 0.717) is 6.61 Å². The lowest BCUT2D eigenvalue weighted by Crippen LogP contribution is -2.01. The highest BCUT2D eigenvalue weighted by Crippen LogP contribution is 1.96. The van der Waals surface area contributed by atoms with Crippen molar-refractivity contribution < 1.29 is 14.3 Å². The molecule has 76 valence electrons. The number of esters is 1. The van der Waals surface area contributed by atoms with Gasteiger partial charge in [0.1, 0.15) is 0 Å². The van der Waals surface area contributed by atoms with Crippen molar-refractivity contribution in [2.75, 3.05) is 20.3 Å². The van der Waals surface area contributed by atoms with Crippen molar-refractivity contribution in [2.45, 2.75) is 26.7 Å². The molecular formula is C10H18O3. The number of unbranched alkanes of at least 4 members (excludes halogenated alkanes) is 1. The van der Waals surface area contributed by atoms with Gasteiger partial charge in [-0.05, 0) is 18.9 Å². The number of ether oxygens (including phenoxy) is 2. The quantitative estimate of drug-likeness (QED) is 0.361. The number of rotatable bonds is 6. The van der Waals surface area contributed by atoms with Gasteiger partial charge in [-0.25, -0.2) is 4.79 Å². The molecule has 0 bridgehead atoms. The van der Waals surface area contributed by atoms with Gasteiger partial charge >= 0.3 is 5.97 Å². The Morgan fingerprint density at radius 3 is 2.69 bits per heavy atom. The van der Waals surface area contributed by atoms with Crippen molar-refractivity contribution in [3.05, 3.63) is 11.6 Å². The first-order valence-electron chi connectivity index (χ1n) is 4.53. The summed E-state index contributed by atoms with van der Waals surface area (Å²) >= 11 is 0. The first-order chi connectivity index (χ1) is 6.20. The van der Waals surface area contributed by atoms with E-state index in [0.717, 1.165) is 25.0 Å². The SMILES string of the molecule is CCCCOC/C(C)=C\C(=O)OC. The fraction of sp³-hybridized carbons (Fsp3) is 0.700. The van der Waals surface area contributed by atoms with E-state index in [1.807, 2.05) is 6.92 Å². The molecule has 0 aliphatic rings. The van der Waals surface area contributed by atoms with E-state index in [9.17, 15) is 4.79 Å². The highest BCUT2D eigenvalue weighted by Gasteiger charge is 1.96. The van der Waals surface area contributed by atoms with E-state index in [1.54, 1.807) is 0 Å². The van der Waals surface area contributed by atoms with Crippen LogP contribution >= 0.6 is 0 Å². The summed E-state index contributed by atoms with van der Waals surface area (Å²) in [5.74, 6) is -0.323. The Kier molecular flexibility index (Phi) is 7.30. The molecule has 13 heavy (non-hydrogen) atoms. The Morgan fingerprint density at radius 1 is 1.46 bits per heavy atom. The Balaban J connectivity index is 3.55. The molecular weight excluding hydrogens is 168 g/mol. The maximum atomic E-state index is 10.8. The number of hydrogen-bond acceptors (Lipinski definition) is 3. The molecule has 0 aliphatic carbocycles. The van der Waals surface area contributed by atoms with Crippen molar-refractivity contribution in [2.24, 2.45) is 0 Å². The van der Waals surface area contributed by atoms with Crippen LogP contribution in [-0.4, -0.2) is 26.3 Å². The molecule has 0 unspecified atom stereocenters. The molecule has 0 saturated heterocycles. The van der Waals surface area contributed by atoms with Crippen LogP contribution in [0.25, 0.3) is 0 Å². The van der Waals surface area contributed by atoms with Gasteiger partial charge in [-0.2, -0.15) is 0 Å². The zero-order valence-corrected chi connectivity index (χ0v) is 8.63. The highest BCUT2D eigenvalue weighted by atomic mass is 16.5. The minimum absolute atomic E-state index is 0.323. The van der Waals surface area contributed by atoms with Crippen molar-refractivity contribution >= 4 is 5.97 Å². The van der Waals surface area contributed by atoms with Crippen LogP contribution in [0.4, 0.5) is 0 Å². The van der Waals surface area contributed by atoms with Crippen LogP contribution in [0, 0.1) is 0 Å². The summed E-state index contributed by atoms with van der Waals surface area (Å²) in [5, 5.41) is 0. The van der Waals surface area contributed by atoms with Gasteiger partial charge in [0.15, 0.2) is 0 Å². The van der Waals surface area contributed by atoms with Gasteiger partial charge < -0.3 is 9.47 Å². The molecule has 0 aromatic carbocycles. The topological polar surface area (TPSA) is 35.5 Å². The average Bonchev–Trinajstić information content (AvgIpc) is 2.12. The normalized spacial score (nSPS) is 11.5. The smallest absolute Gasteiger partial charge is 0.330 e. The molecule has 0 aliphatic heterocycles. The number of carbonyl (C=O) groups excluding carboxylic acids is 1. The van der Waals surface area contributed by atoms with Crippen LogP contribution in [-0.2, 0) is 14.3 Å². The van der Waals surface area contributed by atoms with Gasteiger partial charge in [-0.3, -0.25) is 0 Å². The zero-order valence-electron chi connectivity index (χ0n) is 8.63. The van der Waals surface area contributed by atoms with Gasteiger partial charge in [0, 0.05) is 12.7 Å². The van der Waals surface area contributed by atoms with Crippen LogP contribution in [0.1, 0.15) is 26.7 Å². The van der Waals surface area contributed by atoms with E-state index in [-0.39, 0.29) is 5.97 Å². The second kappa shape index (κ2) is 7.80. The van der Waals surface area contributed by atoms with Gasteiger partial charge in [0.25, 0.3) is 0 Å². The van der Waals surface area contributed by atoms with E-state index in [4.69, 9.17) is 4.74 Å². The first-order valence-corrected chi connectivity index (χ1v) is 4.53. The van der Waals surface area contributed by atoms with E-state index in [2.05, 4.69) is 11.7 Å². The molecule has 0 aromatic rings. The fourth-order valence-electron chi connectivity index (χ4n) is 0.781. The summed E-state index contributed by atoms with van der Waals surface area (Å²) in [6.45, 7) is 5.22. The second-order valence-electron chi connectivity index (χ2n) is 2.92. The Labute approximate surface area is 79.7 Å². The fourth-order valence-corrected chi connectivity index (χ4v) is 0.781.